The monoisotopic (exact) mass is 234 g/mol. The van der Waals surface area contributed by atoms with Gasteiger partial charge in [0.1, 0.15) is 0 Å². The van der Waals surface area contributed by atoms with Crippen LogP contribution in [0.4, 0.5) is 15.9 Å². The Morgan fingerprint density at radius 3 is 2.67 bits per heavy atom. The minimum Gasteiger partial charge on any atom is -0.258 e. The van der Waals surface area contributed by atoms with E-state index in [1.807, 2.05) is 0 Å². The molecule has 12 heavy (non-hydrogen) atoms. The third-order valence-corrected chi connectivity index (χ3v) is 1.94. The van der Waals surface area contributed by atoms with E-state index in [4.69, 9.17) is 0 Å². The van der Waals surface area contributed by atoms with E-state index in [1.54, 1.807) is 0 Å². The molecule has 1 N–H and O–H groups in total. The zero-order chi connectivity index (χ0) is 9.14. The molecule has 0 saturated carbocycles. The zero-order valence-electron chi connectivity index (χ0n) is 5.75. The number of nitrogens with zero attached hydrogens (tertiary/aromatic N) is 1. The lowest BCUT2D eigenvalue weighted by Gasteiger charge is -2.00. The molecule has 4 nitrogen and oxygen atoms in total. The Hall–Kier alpha value is -1.17. The molecule has 0 aromatic heterocycles. The lowest BCUT2D eigenvalue weighted by molar-refractivity contribution is -0.384. The molecular formula is C6H4BrFN2O2. The molecule has 1 aromatic carbocycles. The van der Waals surface area contributed by atoms with Crippen LogP contribution in [0.25, 0.3) is 0 Å². The highest BCUT2D eigenvalue weighted by Gasteiger charge is 2.15. The number of rotatable bonds is 2. The largest absolute Gasteiger partial charge is 0.296 e. The summed E-state index contributed by atoms with van der Waals surface area (Å²) in [5.74, 6) is 0. The molecule has 0 atom stereocenters. The third-order valence-electron chi connectivity index (χ3n) is 1.28. The maximum Gasteiger partial charge on any atom is 0.296 e. The van der Waals surface area contributed by atoms with Gasteiger partial charge < -0.3 is 0 Å². The first kappa shape index (κ1) is 8.92. The average molecular weight is 235 g/mol. The van der Waals surface area contributed by atoms with Gasteiger partial charge in [-0.15, -0.1) is 4.48 Å². The molecule has 6 heteroatoms. The summed E-state index contributed by atoms with van der Waals surface area (Å²) in [5, 5.41) is 10.3. The van der Waals surface area contributed by atoms with Crippen molar-refractivity contribution in [3.05, 3.63) is 32.8 Å². The van der Waals surface area contributed by atoms with E-state index >= 15 is 0 Å². The minimum absolute atomic E-state index is 0.164. The molecule has 0 aliphatic carbocycles. The van der Waals surface area contributed by atoms with Crippen molar-refractivity contribution in [3.8, 4) is 0 Å². The van der Waals surface area contributed by atoms with Gasteiger partial charge in [-0.2, -0.15) is 0 Å². The first-order valence-electron chi connectivity index (χ1n) is 2.96. The van der Waals surface area contributed by atoms with Gasteiger partial charge in [-0.05, 0) is 22.0 Å². The summed E-state index contributed by atoms with van der Waals surface area (Å²) in [5.41, 5.74) is 0.793. The number of nitro benzene ring substituents is 1. The van der Waals surface area contributed by atoms with E-state index < -0.39 is 4.92 Å². The summed E-state index contributed by atoms with van der Waals surface area (Å²) in [6.07, 6.45) is 0. The summed E-state index contributed by atoms with van der Waals surface area (Å²) in [7, 11) is 0. The maximum atomic E-state index is 12.0. The summed E-state index contributed by atoms with van der Waals surface area (Å²) < 4.78 is 12.3. The predicted octanol–water partition coefficient (Wildman–Crippen LogP) is 2.65. The Morgan fingerprint density at radius 1 is 1.58 bits per heavy atom. The van der Waals surface area contributed by atoms with Gasteiger partial charge in [-0.25, -0.2) is 5.54 Å². The van der Waals surface area contributed by atoms with Crippen molar-refractivity contribution in [3.63, 3.8) is 0 Å². The first-order valence-corrected chi connectivity index (χ1v) is 3.75. The van der Waals surface area contributed by atoms with Crippen molar-refractivity contribution < 1.29 is 9.40 Å². The third kappa shape index (κ3) is 1.53. The molecule has 0 aliphatic rings. The van der Waals surface area contributed by atoms with Gasteiger partial charge in [0.05, 0.1) is 9.40 Å². The SMILES string of the molecule is O=[N+]([O-])c1cccc(Br)c1NF. The summed E-state index contributed by atoms with van der Waals surface area (Å²) in [6.45, 7) is 0. The summed E-state index contributed by atoms with van der Waals surface area (Å²) >= 11 is 2.97. The number of nitro groups is 1. The molecule has 0 fully saturated rings. The van der Waals surface area contributed by atoms with Crippen molar-refractivity contribution in [2.24, 2.45) is 0 Å². The Balaban J connectivity index is 3.27. The second-order valence-electron chi connectivity index (χ2n) is 1.99. The number of anilines is 1. The Labute approximate surface area is 75.6 Å². The van der Waals surface area contributed by atoms with E-state index in [9.17, 15) is 14.6 Å². The van der Waals surface area contributed by atoms with Crippen LogP contribution in [0, 0.1) is 10.1 Å². The standard InChI is InChI=1S/C6H4BrFN2O2/c7-4-2-1-3-5(10(11)12)6(4)9-8/h1-3,9H. The number of para-hydroxylation sites is 1. The number of hydrogen-bond acceptors (Lipinski definition) is 3. The maximum absolute atomic E-state index is 12.0. The summed E-state index contributed by atoms with van der Waals surface area (Å²) in [4.78, 5) is 9.65. The Kier molecular flexibility index (Phi) is 2.59. The Morgan fingerprint density at radius 2 is 2.25 bits per heavy atom. The number of benzene rings is 1. The van der Waals surface area contributed by atoms with E-state index in [0.717, 1.165) is 0 Å². The second kappa shape index (κ2) is 3.48. The highest BCUT2D eigenvalue weighted by Crippen LogP contribution is 2.31. The zero-order valence-corrected chi connectivity index (χ0v) is 7.34. The van der Waals surface area contributed by atoms with E-state index in [0.29, 0.717) is 4.47 Å². The van der Waals surface area contributed by atoms with Crippen LogP contribution in [0.2, 0.25) is 0 Å². The molecule has 1 rings (SSSR count). The molecule has 0 radical (unpaired) electrons. The van der Waals surface area contributed by atoms with Crippen LogP contribution in [-0.4, -0.2) is 4.92 Å². The molecule has 0 bridgehead atoms. The molecule has 0 unspecified atom stereocenters. The minimum atomic E-state index is -0.660. The highest BCUT2D eigenvalue weighted by atomic mass is 79.9. The second-order valence-corrected chi connectivity index (χ2v) is 2.84. The molecule has 0 amide bonds. The van der Waals surface area contributed by atoms with Crippen LogP contribution in [0.3, 0.4) is 0 Å². The summed E-state index contributed by atoms with van der Waals surface area (Å²) in [6, 6.07) is 4.19. The molecule has 0 spiro atoms. The van der Waals surface area contributed by atoms with Gasteiger partial charge in [0, 0.05) is 6.07 Å². The average Bonchev–Trinajstić information content (AvgIpc) is 2.03. The molecule has 64 valence electrons. The van der Waals surface area contributed by atoms with Gasteiger partial charge in [0.15, 0.2) is 5.69 Å². The first-order chi connectivity index (χ1) is 5.66. The number of halogens is 2. The van der Waals surface area contributed by atoms with Crippen LogP contribution in [-0.2, 0) is 0 Å². The van der Waals surface area contributed by atoms with Crippen molar-refractivity contribution in [2.45, 2.75) is 0 Å². The van der Waals surface area contributed by atoms with Crippen molar-refractivity contribution in [2.75, 3.05) is 5.54 Å². The quantitative estimate of drug-likeness (QED) is 0.487. The topological polar surface area (TPSA) is 55.2 Å². The molecule has 0 saturated heterocycles. The van der Waals surface area contributed by atoms with Gasteiger partial charge in [0.2, 0.25) is 0 Å². The molecule has 0 heterocycles. The van der Waals surface area contributed by atoms with Crippen LogP contribution in [0.5, 0.6) is 0 Å². The normalized spacial score (nSPS) is 9.50. The van der Waals surface area contributed by atoms with Crippen LogP contribution in [0.1, 0.15) is 0 Å². The lowest BCUT2D eigenvalue weighted by Crippen LogP contribution is -1.93. The Bertz CT molecular complexity index is 318. The predicted molar refractivity (Wildman–Crippen MR) is 45.5 cm³/mol. The fourth-order valence-corrected chi connectivity index (χ4v) is 1.19. The smallest absolute Gasteiger partial charge is 0.258 e. The van der Waals surface area contributed by atoms with Gasteiger partial charge >= 0.3 is 0 Å². The van der Waals surface area contributed by atoms with Gasteiger partial charge in [-0.1, -0.05) is 6.07 Å². The van der Waals surface area contributed by atoms with Crippen molar-refractivity contribution >= 4 is 27.3 Å². The van der Waals surface area contributed by atoms with E-state index in [-0.39, 0.29) is 11.4 Å². The highest BCUT2D eigenvalue weighted by molar-refractivity contribution is 9.10. The van der Waals surface area contributed by atoms with Crippen molar-refractivity contribution in [1.82, 2.24) is 0 Å². The van der Waals surface area contributed by atoms with E-state index in [1.165, 1.54) is 23.7 Å². The molecule has 0 aliphatic heterocycles. The fraction of sp³-hybridized carbons (Fsp3) is 0. The van der Waals surface area contributed by atoms with E-state index in [2.05, 4.69) is 15.9 Å². The number of nitrogens with one attached hydrogen (secondary N) is 1. The molecule has 1 aromatic rings. The van der Waals surface area contributed by atoms with Gasteiger partial charge in [-0.3, -0.25) is 10.1 Å². The fourth-order valence-electron chi connectivity index (χ4n) is 0.758. The number of hydrogen-bond donors (Lipinski definition) is 1. The molecular weight excluding hydrogens is 231 g/mol. The van der Waals surface area contributed by atoms with Gasteiger partial charge in [0.25, 0.3) is 5.69 Å². The van der Waals surface area contributed by atoms with Crippen molar-refractivity contribution in [1.29, 1.82) is 0 Å². The van der Waals surface area contributed by atoms with Crippen LogP contribution < -0.4 is 5.54 Å². The lowest BCUT2D eigenvalue weighted by atomic mass is 10.3. The van der Waals surface area contributed by atoms with Crippen LogP contribution in [0.15, 0.2) is 22.7 Å². The van der Waals surface area contributed by atoms with Crippen LogP contribution >= 0.6 is 15.9 Å².